The quantitative estimate of drug-likeness (QED) is 0.882. The normalized spacial score (nSPS) is 11.8. The van der Waals surface area contributed by atoms with Crippen LogP contribution < -0.4 is 10.1 Å². The number of amides is 1. The van der Waals surface area contributed by atoms with Crippen LogP contribution in [0.3, 0.4) is 0 Å². The van der Waals surface area contributed by atoms with Crippen molar-refractivity contribution < 1.29 is 13.9 Å². The number of hydrogen-bond acceptors (Lipinski definition) is 2. The van der Waals surface area contributed by atoms with Crippen molar-refractivity contribution in [2.75, 3.05) is 6.61 Å². The van der Waals surface area contributed by atoms with Gasteiger partial charge < -0.3 is 10.1 Å². The van der Waals surface area contributed by atoms with Crippen molar-refractivity contribution >= 4 is 17.5 Å². The van der Waals surface area contributed by atoms with Crippen LogP contribution in [0.1, 0.15) is 12.5 Å². The zero-order valence-corrected chi connectivity index (χ0v) is 12.9. The first kappa shape index (κ1) is 16.3. The molecule has 22 heavy (non-hydrogen) atoms. The Bertz CT molecular complexity index is 634. The lowest BCUT2D eigenvalue weighted by atomic mass is 10.1. The van der Waals surface area contributed by atoms with Crippen LogP contribution >= 0.6 is 11.6 Å². The zero-order chi connectivity index (χ0) is 15.9. The molecule has 0 spiro atoms. The lowest BCUT2D eigenvalue weighted by Crippen LogP contribution is -2.37. The second-order valence-corrected chi connectivity index (χ2v) is 5.44. The van der Waals surface area contributed by atoms with Gasteiger partial charge in [-0.2, -0.15) is 0 Å². The molecule has 0 aliphatic carbocycles. The van der Waals surface area contributed by atoms with Crippen molar-refractivity contribution in [3.63, 3.8) is 0 Å². The summed E-state index contributed by atoms with van der Waals surface area (Å²) in [5.74, 6) is 0.00793. The van der Waals surface area contributed by atoms with E-state index in [2.05, 4.69) is 5.32 Å². The minimum atomic E-state index is -0.476. The van der Waals surface area contributed by atoms with Gasteiger partial charge in [0.05, 0.1) is 12.5 Å². The largest absolute Gasteiger partial charge is 0.491 e. The van der Waals surface area contributed by atoms with Crippen molar-refractivity contribution in [3.8, 4) is 5.75 Å². The van der Waals surface area contributed by atoms with Gasteiger partial charge in [-0.15, -0.1) is 0 Å². The first-order valence-corrected chi connectivity index (χ1v) is 7.33. The smallest absolute Gasteiger partial charge is 0.224 e. The van der Waals surface area contributed by atoms with Crippen molar-refractivity contribution in [2.24, 2.45) is 0 Å². The Labute approximate surface area is 134 Å². The third-order valence-electron chi connectivity index (χ3n) is 3.02. The monoisotopic (exact) mass is 321 g/mol. The van der Waals surface area contributed by atoms with Gasteiger partial charge in [-0.1, -0.05) is 35.9 Å². The first-order chi connectivity index (χ1) is 10.5. The Morgan fingerprint density at radius 1 is 1.27 bits per heavy atom. The van der Waals surface area contributed by atoms with Gasteiger partial charge in [0, 0.05) is 5.02 Å². The third kappa shape index (κ3) is 5.04. The van der Waals surface area contributed by atoms with Crippen molar-refractivity contribution in [1.29, 1.82) is 0 Å². The highest BCUT2D eigenvalue weighted by Crippen LogP contribution is 2.15. The molecule has 1 amide bonds. The van der Waals surface area contributed by atoms with Gasteiger partial charge in [-0.3, -0.25) is 4.79 Å². The molecule has 116 valence electrons. The zero-order valence-electron chi connectivity index (χ0n) is 12.2. The summed E-state index contributed by atoms with van der Waals surface area (Å²) in [4.78, 5) is 11.9. The van der Waals surface area contributed by atoms with Gasteiger partial charge in [0.25, 0.3) is 0 Å². The Balaban J connectivity index is 1.81. The molecule has 2 aromatic carbocycles. The van der Waals surface area contributed by atoms with E-state index >= 15 is 0 Å². The van der Waals surface area contributed by atoms with E-state index in [4.69, 9.17) is 16.3 Å². The SMILES string of the molecule is C[C@H](COc1ccccc1)NC(=O)Cc1ccc(Cl)cc1F. The number of para-hydroxylation sites is 1. The summed E-state index contributed by atoms with van der Waals surface area (Å²) in [6, 6.07) is 13.4. The number of ether oxygens (including phenoxy) is 1. The molecule has 0 aromatic heterocycles. The molecule has 0 unspecified atom stereocenters. The fraction of sp³-hybridized carbons (Fsp3) is 0.235. The summed E-state index contributed by atoms with van der Waals surface area (Å²) in [6.45, 7) is 2.18. The molecular formula is C17H17ClFNO2. The highest BCUT2D eigenvalue weighted by atomic mass is 35.5. The first-order valence-electron chi connectivity index (χ1n) is 6.95. The molecule has 0 bridgehead atoms. The van der Waals surface area contributed by atoms with Gasteiger partial charge in [-0.25, -0.2) is 4.39 Å². The predicted molar refractivity (Wildman–Crippen MR) is 84.7 cm³/mol. The Morgan fingerprint density at radius 3 is 2.68 bits per heavy atom. The molecular weight excluding hydrogens is 305 g/mol. The summed E-state index contributed by atoms with van der Waals surface area (Å²) in [5.41, 5.74) is 0.318. The van der Waals surface area contributed by atoms with E-state index in [1.54, 1.807) is 6.07 Å². The molecule has 0 aliphatic heterocycles. The number of hydrogen-bond donors (Lipinski definition) is 1. The van der Waals surface area contributed by atoms with Crippen LogP contribution in [0.25, 0.3) is 0 Å². The Morgan fingerprint density at radius 2 is 2.00 bits per heavy atom. The number of benzene rings is 2. The molecule has 5 heteroatoms. The topological polar surface area (TPSA) is 38.3 Å². The van der Waals surface area contributed by atoms with Crippen LogP contribution in [0, 0.1) is 5.82 Å². The second-order valence-electron chi connectivity index (χ2n) is 5.01. The van der Waals surface area contributed by atoms with Crippen LogP contribution in [0.15, 0.2) is 48.5 Å². The number of nitrogens with one attached hydrogen (secondary N) is 1. The molecule has 1 N–H and O–H groups in total. The molecule has 0 fully saturated rings. The van der Waals surface area contributed by atoms with E-state index in [0.717, 1.165) is 5.75 Å². The molecule has 0 aliphatic rings. The summed E-state index contributed by atoms with van der Waals surface area (Å²) in [7, 11) is 0. The number of halogens is 2. The maximum Gasteiger partial charge on any atom is 0.224 e. The Kier molecular flexibility index (Phi) is 5.78. The van der Waals surface area contributed by atoms with Gasteiger partial charge in [0.1, 0.15) is 18.2 Å². The van der Waals surface area contributed by atoms with E-state index in [1.165, 1.54) is 12.1 Å². The summed E-state index contributed by atoms with van der Waals surface area (Å²) >= 11 is 5.68. The van der Waals surface area contributed by atoms with E-state index in [1.807, 2.05) is 37.3 Å². The van der Waals surface area contributed by atoms with Crippen molar-refractivity contribution in [1.82, 2.24) is 5.32 Å². The van der Waals surface area contributed by atoms with Gasteiger partial charge in [-0.05, 0) is 36.8 Å². The lowest BCUT2D eigenvalue weighted by molar-refractivity contribution is -0.121. The number of carbonyl (C=O) groups excluding carboxylic acids is 1. The highest BCUT2D eigenvalue weighted by Gasteiger charge is 2.12. The van der Waals surface area contributed by atoms with Crippen LogP contribution in [-0.2, 0) is 11.2 Å². The maximum atomic E-state index is 13.6. The fourth-order valence-corrected chi connectivity index (χ4v) is 2.10. The van der Waals surface area contributed by atoms with Crippen molar-refractivity contribution in [2.45, 2.75) is 19.4 Å². The summed E-state index contributed by atoms with van der Waals surface area (Å²) in [5, 5.41) is 3.09. The van der Waals surface area contributed by atoms with Crippen LogP contribution in [-0.4, -0.2) is 18.6 Å². The minimum Gasteiger partial charge on any atom is -0.491 e. The van der Waals surface area contributed by atoms with Crippen LogP contribution in [0.2, 0.25) is 5.02 Å². The molecule has 3 nitrogen and oxygen atoms in total. The molecule has 1 atom stereocenters. The molecule has 0 saturated carbocycles. The highest BCUT2D eigenvalue weighted by molar-refractivity contribution is 6.30. The minimum absolute atomic E-state index is 0.0291. The van der Waals surface area contributed by atoms with Gasteiger partial charge in [0.2, 0.25) is 5.91 Å². The average molecular weight is 322 g/mol. The average Bonchev–Trinajstić information content (AvgIpc) is 2.49. The number of rotatable bonds is 6. The lowest BCUT2D eigenvalue weighted by Gasteiger charge is -2.15. The molecule has 2 rings (SSSR count). The van der Waals surface area contributed by atoms with Gasteiger partial charge >= 0.3 is 0 Å². The van der Waals surface area contributed by atoms with E-state index < -0.39 is 5.82 Å². The summed E-state index contributed by atoms with van der Waals surface area (Å²) in [6.07, 6.45) is -0.0291. The fourth-order valence-electron chi connectivity index (χ4n) is 1.94. The second kappa shape index (κ2) is 7.80. The van der Waals surface area contributed by atoms with Crippen LogP contribution in [0.5, 0.6) is 5.75 Å². The molecule has 0 heterocycles. The summed E-state index contributed by atoms with van der Waals surface area (Å²) < 4.78 is 19.2. The van der Waals surface area contributed by atoms with E-state index in [0.29, 0.717) is 17.2 Å². The molecule has 0 saturated heterocycles. The number of carbonyl (C=O) groups is 1. The standard InChI is InChI=1S/C17H17ClFNO2/c1-12(11-22-15-5-3-2-4-6-15)20-17(21)9-13-7-8-14(18)10-16(13)19/h2-8,10,12H,9,11H2,1H3,(H,20,21)/t12-/m1/s1. The third-order valence-corrected chi connectivity index (χ3v) is 3.25. The molecule has 0 radical (unpaired) electrons. The molecule has 2 aromatic rings. The van der Waals surface area contributed by atoms with Crippen LogP contribution in [0.4, 0.5) is 4.39 Å². The maximum absolute atomic E-state index is 13.6. The predicted octanol–water partition coefficient (Wildman–Crippen LogP) is 3.61. The Hall–Kier alpha value is -2.07. The van der Waals surface area contributed by atoms with Gasteiger partial charge in [0.15, 0.2) is 0 Å². The van der Waals surface area contributed by atoms with E-state index in [-0.39, 0.29) is 18.4 Å². The van der Waals surface area contributed by atoms with E-state index in [9.17, 15) is 9.18 Å². The van der Waals surface area contributed by atoms with Crippen molar-refractivity contribution in [3.05, 3.63) is 64.9 Å².